The van der Waals surface area contributed by atoms with Crippen LogP contribution in [0.1, 0.15) is 0 Å². The predicted octanol–water partition coefficient (Wildman–Crippen LogP) is 4.39. The molecule has 0 aromatic rings. The number of halogens is 6. The van der Waals surface area contributed by atoms with Gasteiger partial charge in [-0.1, -0.05) is 63.7 Å². The van der Waals surface area contributed by atoms with E-state index in [-0.39, 0.29) is 31.8 Å². The minimum Gasteiger partial charge on any atom is -0.460 e. The second-order valence-electron chi connectivity index (χ2n) is 3.33. The van der Waals surface area contributed by atoms with Crippen molar-refractivity contribution < 1.29 is 19.1 Å². The standard InChI is InChI=1S/C10H10Br6O4/c11-1-5(13)3-19-9(17)7(15)8(16)10(18)20-4-6(14)2-12/h5-6H,1-4H2/b8-7+. The summed E-state index contributed by atoms with van der Waals surface area (Å²) < 4.78 is 9.97. The monoisotopic (exact) mass is 668 g/mol. The minimum absolute atomic E-state index is 0.00515. The van der Waals surface area contributed by atoms with Crippen molar-refractivity contribution in [1.29, 1.82) is 0 Å². The van der Waals surface area contributed by atoms with Crippen LogP contribution in [-0.4, -0.2) is 45.5 Å². The average molecular weight is 674 g/mol. The zero-order valence-electron chi connectivity index (χ0n) is 9.88. The number of esters is 2. The molecule has 2 unspecified atom stereocenters. The first kappa shape index (κ1) is 21.6. The van der Waals surface area contributed by atoms with Gasteiger partial charge in [0, 0.05) is 10.7 Å². The van der Waals surface area contributed by atoms with Crippen LogP contribution in [0, 0.1) is 0 Å². The fourth-order valence-corrected chi connectivity index (χ4v) is 1.92. The molecule has 0 amide bonds. The van der Waals surface area contributed by atoms with E-state index < -0.39 is 11.9 Å². The highest BCUT2D eigenvalue weighted by Crippen LogP contribution is 2.22. The summed E-state index contributed by atoms with van der Waals surface area (Å²) in [5.41, 5.74) is 0. The Morgan fingerprint density at radius 2 is 1.10 bits per heavy atom. The third-order valence-electron chi connectivity index (χ3n) is 1.68. The molecule has 4 nitrogen and oxygen atoms in total. The van der Waals surface area contributed by atoms with Crippen LogP contribution in [0.5, 0.6) is 0 Å². The van der Waals surface area contributed by atoms with E-state index in [0.717, 1.165) is 0 Å². The van der Waals surface area contributed by atoms with Gasteiger partial charge in [0.05, 0.1) is 9.65 Å². The number of carbonyl (C=O) groups excluding carboxylic acids is 2. The smallest absolute Gasteiger partial charge is 0.346 e. The summed E-state index contributed by atoms with van der Waals surface area (Å²) in [7, 11) is 0. The van der Waals surface area contributed by atoms with Gasteiger partial charge in [0.2, 0.25) is 0 Å². The summed E-state index contributed by atoms with van der Waals surface area (Å²) in [5.74, 6) is -1.29. The van der Waals surface area contributed by atoms with E-state index in [0.29, 0.717) is 10.7 Å². The maximum atomic E-state index is 11.7. The van der Waals surface area contributed by atoms with Crippen molar-refractivity contribution in [1.82, 2.24) is 0 Å². The number of ether oxygens (including phenoxy) is 2. The Morgan fingerprint density at radius 3 is 1.35 bits per heavy atom. The molecule has 20 heavy (non-hydrogen) atoms. The number of hydrogen-bond acceptors (Lipinski definition) is 4. The van der Waals surface area contributed by atoms with Crippen molar-refractivity contribution >= 4 is 108 Å². The second-order valence-corrected chi connectivity index (χ2v) is 8.80. The molecule has 0 aliphatic carbocycles. The number of hydrogen-bond donors (Lipinski definition) is 0. The van der Waals surface area contributed by atoms with Gasteiger partial charge in [-0.05, 0) is 31.9 Å². The molecule has 0 aromatic carbocycles. The lowest BCUT2D eigenvalue weighted by molar-refractivity contribution is -0.140. The SMILES string of the molecule is O=C(OCC(Br)CBr)/C(Br)=C(\Br)C(=O)OCC(Br)CBr. The Labute approximate surface area is 167 Å². The quantitative estimate of drug-likeness (QED) is 0.218. The van der Waals surface area contributed by atoms with Crippen molar-refractivity contribution in [2.75, 3.05) is 23.9 Å². The van der Waals surface area contributed by atoms with Crippen LogP contribution in [0.4, 0.5) is 0 Å². The summed E-state index contributed by atoms with van der Waals surface area (Å²) in [6.45, 7) is 0.364. The summed E-state index contributed by atoms with van der Waals surface area (Å²) in [6.07, 6.45) is 0. The molecule has 10 heteroatoms. The lowest BCUT2D eigenvalue weighted by Crippen LogP contribution is -2.18. The van der Waals surface area contributed by atoms with Gasteiger partial charge in [-0.2, -0.15) is 0 Å². The maximum absolute atomic E-state index is 11.7. The number of rotatable bonds is 8. The van der Waals surface area contributed by atoms with Crippen LogP contribution >= 0.6 is 95.6 Å². The van der Waals surface area contributed by atoms with Gasteiger partial charge in [0.1, 0.15) is 22.2 Å². The Bertz CT molecular complexity index is 339. The zero-order valence-corrected chi connectivity index (χ0v) is 19.4. The van der Waals surface area contributed by atoms with Gasteiger partial charge < -0.3 is 9.47 Å². The second kappa shape index (κ2) is 12.0. The molecular weight excluding hydrogens is 664 g/mol. The van der Waals surface area contributed by atoms with Crippen LogP contribution in [-0.2, 0) is 19.1 Å². The van der Waals surface area contributed by atoms with Crippen LogP contribution < -0.4 is 0 Å². The van der Waals surface area contributed by atoms with Crippen molar-refractivity contribution in [3.63, 3.8) is 0 Å². The van der Waals surface area contributed by atoms with E-state index in [1.807, 2.05) is 0 Å². The fraction of sp³-hybridized carbons (Fsp3) is 0.600. The van der Waals surface area contributed by atoms with Gasteiger partial charge in [-0.3, -0.25) is 0 Å². The minimum atomic E-state index is -0.643. The van der Waals surface area contributed by atoms with E-state index in [9.17, 15) is 9.59 Å². The molecular formula is C10H10Br6O4. The van der Waals surface area contributed by atoms with Gasteiger partial charge >= 0.3 is 11.9 Å². The van der Waals surface area contributed by atoms with Crippen LogP contribution in [0.25, 0.3) is 0 Å². The highest BCUT2D eigenvalue weighted by Gasteiger charge is 2.20. The topological polar surface area (TPSA) is 52.6 Å². The van der Waals surface area contributed by atoms with E-state index in [2.05, 4.69) is 95.6 Å². The van der Waals surface area contributed by atoms with Gasteiger partial charge in [0.15, 0.2) is 0 Å². The molecule has 0 spiro atoms. The average Bonchev–Trinajstić information content (AvgIpc) is 2.47. The molecule has 0 fully saturated rings. The van der Waals surface area contributed by atoms with E-state index >= 15 is 0 Å². The van der Waals surface area contributed by atoms with Crippen molar-refractivity contribution in [3.8, 4) is 0 Å². The van der Waals surface area contributed by atoms with Gasteiger partial charge in [-0.15, -0.1) is 0 Å². The molecule has 0 heterocycles. The summed E-state index contributed by atoms with van der Waals surface area (Å²) >= 11 is 19.1. The Kier molecular flexibility index (Phi) is 13.0. The van der Waals surface area contributed by atoms with E-state index in [1.54, 1.807) is 0 Å². The summed E-state index contributed by atoms with van der Waals surface area (Å²) in [5, 5.41) is 1.29. The van der Waals surface area contributed by atoms with Crippen LogP contribution in [0.2, 0.25) is 0 Å². The molecule has 0 aromatic heterocycles. The van der Waals surface area contributed by atoms with E-state index in [1.165, 1.54) is 0 Å². The molecule has 0 aliphatic rings. The van der Waals surface area contributed by atoms with Gasteiger partial charge in [0.25, 0.3) is 0 Å². The molecule has 0 aliphatic heterocycles. The largest absolute Gasteiger partial charge is 0.460 e. The van der Waals surface area contributed by atoms with Crippen molar-refractivity contribution in [3.05, 3.63) is 8.96 Å². The lowest BCUT2D eigenvalue weighted by Gasteiger charge is -2.10. The third kappa shape index (κ3) is 8.87. The highest BCUT2D eigenvalue weighted by molar-refractivity contribution is 9.14. The fourth-order valence-electron chi connectivity index (χ4n) is 0.727. The Balaban J connectivity index is 4.47. The molecule has 0 radical (unpaired) electrons. The number of alkyl halides is 4. The van der Waals surface area contributed by atoms with Crippen molar-refractivity contribution in [2.45, 2.75) is 9.65 Å². The first-order valence-electron chi connectivity index (χ1n) is 5.13. The van der Waals surface area contributed by atoms with Crippen LogP contribution in [0.3, 0.4) is 0 Å². The summed E-state index contributed by atoms with van der Waals surface area (Å²) in [6, 6.07) is 0. The summed E-state index contributed by atoms with van der Waals surface area (Å²) in [4.78, 5) is 23.4. The Morgan fingerprint density at radius 1 is 0.800 bits per heavy atom. The maximum Gasteiger partial charge on any atom is 0.346 e. The molecule has 0 saturated heterocycles. The normalized spacial score (nSPS) is 15.1. The number of carbonyl (C=O) groups is 2. The molecule has 0 saturated carbocycles. The zero-order chi connectivity index (χ0) is 15.7. The first-order chi connectivity index (χ1) is 9.33. The van der Waals surface area contributed by atoms with Crippen molar-refractivity contribution in [2.24, 2.45) is 0 Å². The van der Waals surface area contributed by atoms with Crippen LogP contribution in [0.15, 0.2) is 8.96 Å². The van der Waals surface area contributed by atoms with E-state index in [4.69, 9.17) is 9.47 Å². The molecule has 116 valence electrons. The molecule has 0 N–H and O–H groups in total. The molecule has 0 bridgehead atoms. The lowest BCUT2D eigenvalue weighted by atomic mass is 10.4. The third-order valence-corrected chi connectivity index (χ3v) is 8.13. The molecule has 0 rings (SSSR count). The molecule has 2 atom stereocenters. The highest BCUT2D eigenvalue weighted by atomic mass is 79.9. The predicted molar refractivity (Wildman–Crippen MR) is 99.8 cm³/mol. The first-order valence-corrected chi connectivity index (χ1v) is 10.8. The van der Waals surface area contributed by atoms with Gasteiger partial charge in [-0.25, -0.2) is 9.59 Å². The Hall–Kier alpha value is 1.56.